The number of aromatic amines is 1. The standard InChI is InChI=1S/C19H28N4O3/c24-18(22-9-3-14(4-10-22)17-20-7-8-21-17)15-5-11-23(12-6-15)19(25)16-2-1-13-26-16/h7-8,14-16H,1-6,9-13H2,(H,20,21)/t16-/m1/s1. The average Bonchev–Trinajstić information content (AvgIpc) is 3.41. The third-order valence-corrected chi connectivity index (χ3v) is 6.07. The first kappa shape index (κ1) is 17.5. The van der Waals surface area contributed by atoms with E-state index in [0.29, 0.717) is 25.6 Å². The Balaban J connectivity index is 1.24. The van der Waals surface area contributed by atoms with Crippen LogP contribution in [0.1, 0.15) is 50.3 Å². The fourth-order valence-electron chi connectivity index (χ4n) is 4.46. The van der Waals surface area contributed by atoms with E-state index in [9.17, 15) is 9.59 Å². The smallest absolute Gasteiger partial charge is 0.251 e. The van der Waals surface area contributed by atoms with E-state index in [4.69, 9.17) is 4.74 Å². The number of piperidine rings is 2. The first-order chi connectivity index (χ1) is 12.7. The summed E-state index contributed by atoms with van der Waals surface area (Å²) in [7, 11) is 0. The highest BCUT2D eigenvalue weighted by Gasteiger charge is 2.35. The molecule has 3 saturated heterocycles. The highest BCUT2D eigenvalue weighted by molar-refractivity contribution is 5.82. The fraction of sp³-hybridized carbons (Fsp3) is 0.737. The van der Waals surface area contributed by atoms with E-state index in [1.165, 1.54) is 0 Å². The Labute approximate surface area is 154 Å². The topological polar surface area (TPSA) is 78.5 Å². The number of imidazole rings is 1. The average molecular weight is 360 g/mol. The van der Waals surface area contributed by atoms with E-state index in [1.54, 1.807) is 6.20 Å². The summed E-state index contributed by atoms with van der Waals surface area (Å²) in [5, 5.41) is 0. The van der Waals surface area contributed by atoms with Crippen molar-refractivity contribution in [3.63, 3.8) is 0 Å². The van der Waals surface area contributed by atoms with Crippen LogP contribution in [0.2, 0.25) is 0 Å². The quantitative estimate of drug-likeness (QED) is 0.887. The van der Waals surface area contributed by atoms with Crippen molar-refractivity contribution in [2.75, 3.05) is 32.8 Å². The second kappa shape index (κ2) is 7.78. The van der Waals surface area contributed by atoms with Crippen molar-refractivity contribution in [2.24, 2.45) is 5.92 Å². The highest BCUT2D eigenvalue weighted by atomic mass is 16.5. The number of ether oxygens (including phenoxy) is 1. The number of nitrogens with one attached hydrogen (secondary N) is 1. The second-order valence-electron chi connectivity index (χ2n) is 7.68. The normalized spacial score (nSPS) is 25.6. The highest BCUT2D eigenvalue weighted by Crippen LogP contribution is 2.28. The van der Waals surface area contributed by atoms with E-state index < -0.39 is 0 Å². The summed E-state index contributed by atoms with van der Waals surface area (Å²) in [6.07, 6.45) is 8.69. The Bertz CT molecular complexity index is 611. The van der Waals surface area contributed by atoms with Crippen molar-refractivity contribution in [1.82, 2.24) is 19.8 Å². The van der Waals surface area contributed by atoms with Gasteiger partial charge < -0.3 is 19.5 Å². The Kier molecular flexibility index (Phi) is 5.24. The maximum absolute atomic E-state index is 12.9. The minimum Gasteiger partial charge on any atom is -0.368 e. The summed E-state index contributed by atoms with van der Waals surface area (Å²) < 4.78 is 5.50. The van der Waals surface area contributed by atoms with Crippen LogP contribution in [0, 0.1) is 5.92 Å². The third-order valence-electron chi connectivity index (χ3n) is 6.07. The van der Waals surface area contributed by atoms with Crippen LogP contribution in [0.25, 0.3) is 0 Å². The van der Waals surface area contributed by atoms with Gasteiger partial charge in [0.2, 0.25) is 5.91 Å². The van der Waals surface area contributed by atoms with Crippen molar-refractivity contribution >= 4 is 11.8 Å². The molecule has 0 unspecified atom stereocenters. The largest absolute Gasteiger partial charge is 0.368 e. The fourth-order valence-corrected chi connectivity index (χ4v) is 4.46. The molecule has 26 heavy (non-hydrogen) atoms. The third kappa shape index (κ3) is 3.63. The summed E-state index contributed by atoms with van der Waals surface area (Å²) in [6.45, 7) is 3.66. The van der Waals surface area contributed by atoms with Gasteiger partial charge in [-0.2, -0.15) is 0 Å². The number of amides is 2. The minimum absolute atomic E-state index is 0.0590. The van der Waals surface area contributed by atoms with Gasteiger partial charge in [0.1, 0.15) is 11.9 Å². The lowest BCUT2D eigenvalue weighted by Gasteiger charge is -2.37. The lowest BCUT2D eigenvalue weighted by Crippen LogP contribution is -2.48. The van der Waals surface area contributed by atoms with E-state index in [-0.39, 0.29) is 23.8 Å². The summed E-state index contributed by atoms with van der Waals surface area (Å²) in [5.41, 5.74) is 0. The first-order valence-corrected chi connectivity index (χ1v) is 9.91. The lowest BCUT2D eigenvalue weighted by atomic mass is 9.91. The molecule has 3 aliphatic rings. The SMILES string of the molecule is O=C(C1CCN(C(=O)[C@H]2CCCO2)CC1)N1CCC(c2ncc[nH]2)CC1. The Hall–Kier alpha value is -1.89. The van der Waals surface area contributed by atoms with E-state index in [2.05, 4.69) is 9.97 Å². The molecule has 4 heterocycles. The predicted octanol–water partition coefficient (Wildman–Crippen LogP) is 1.53. The summed E-state index contributed by atoms with van der Waals surface area (Å²) in [4.78, 5) is 36.7. The van der Waals surface area contributed by atoms with Gasteiger partial charge >= 0.3 is 0 Å². The van der Waals surface area contributed by atoms with E-state index in [0.717, 1.165) is 57.4 Å². The number of H-pyrrole nitrogens is 1. The zero-order valence-electron chi connectivity index (χ0n) is 15.2. The molecule has 2 amide bonds. The maximum atomic E-state index is 12.9. The van der Waals surface area contributed by atoms with Crippen LogP contribution < -0.4 is 0 Å². The molecule has 3 fully saturated rings. The van der Waals surface area contributed by atoms with Gasteiger partial charge in [0, 0.05) is 57.0 Å². The molecule has 0 aromatic carbocycles. The molecule has 7 heteroatoms. The monoisotopic (exact) mass is 360 g/mol. The molecule has 1 aromatic rings. The molecule has 0 bridgehead atoms. The van der Waals surface area contributed by atoms with Crippen molar-refractivity contribution < 1.29 is 14.3 Å². The van der Waals surface area contributed by atoms with Gasteiger partial charge in [-0.25, -0.2) is 4.98 Å². The van der Waals surface area contributed by atoms with Gasteiger partial charge in [-0.3, -0.25) is 9.59 Å². The van der Waals surface area contributed by atoms with Gasteiger partial charge in [-0.15, -0.1) is 0 Å². The molecule has 0 radical (unpaired) electrons. The van der Waals surface area contributed by atoms with Crippen LogP contribution in [-0.2, 0) is 14.3 Å². The Morgan fingerprint density at radius 1 is 1.00 bits per heavy atom. The molecule has 7 nitrogen and oxygen atoms in total. The van der Waals surface area contributed by atoms with Crippen molar-refractivity contribution in [3.05, 3.63) is 18.2 Å². The van der Waals surface area contributed by atoms with Crippen LogP contribution in [-0.4, -0.2) is 70.5 Å². The van der Waals surface area contributed by atoms with E-state index in [1.807, 2.05) is 16.0 Å². The molecular formula is C19H28N4O3. The molecule has 1 N–H and O–H groups in total. The van der Waals surface area contributed by atoms with Crippen molar-refractivity contribution in [3.8, 4) is 0 Å². The zero-order valence-corrected chi connectivity index (χ0v) is 15.2. The molecular weight excluding hydrogens is 332 g/mol. The minimum atomic E-state index is -0.247. The summed E-state index contributed by atoms with van der Waals surface area (Å²) in [6, 6.07) is 0. The number of carbonyl (C=O) groups excluding carboxylic acids is 2. The van der Waals surface area contributed by atoms with Crippen LogP contribution in [0.5, 0.6) is 0 Å². The van der Waals surface area contributed by atoms with Crippen molar-refractivity contribution in [2.45, 2.75) is 50.5 Å². The number of rotatable bonds is 3. The molecule has 142 valence electrons. The molecule has 0 saturated carbocycles. The second-order valence-corrected chi connectivity index (χ2v) is 7.68. The Morgan fingerprint density at radius 2 is 1.69 bits per heavy atom. The maximum Gasteiger partial charge on any atom is 0.251 e. The van der Waals surface area contributed by atoms with Crippen LogP contribution in [0.15, 0.2) is 12.4 Å². The number of hydrogen-bond donors (Lipinski definition) is 1. The van der Waals surface area contributed by atoms with Crippen LogP contribution >= 0.6 is 0 Å². The number of aromatic nitrogens is 2. The molecule has 3 aliphatic heterocycles. The molecule has 1 atom stereocenters. The van der Waals surface area contributed by atoms with Gasteiger partial charge in [0.15, 0.2) is 0 Å². The zero-order chi connectivity index (χ0) is 17.9. The summed E-state index contributed by atoms with van der Waals surface area (Å²) >= 11 is 0. The number of likely N-dealkylation sites (tertiary alicyclic amines) is 2. The molecule has 0 spiro atoms. The number of carbonyl (C=O) groups is 2. The van der Waals surface area contributed by atoms with Gasteiger partial charge in [-0.1, -0.05) is 0 Å². The lowest BCUT2D eigenvalue weighted by molar-refractivity contribution is -0.146. The number of hydrogen-bond acceptors (Lipinski definition) is 4. The van der Waals surface area contributed by atoms with Gasteiger partial charge in [-0.05, 0) is 38.5 Å². The molecule has 1 aromatic heterocycles. The van der Waals surface area contributed by atoms with Gasteiger partial charge in [0.25, 0.3) is 5.91 Å². The molecule has 0 aliphatic carbocycles. The van der Waals surface area contributed by atoms with Gasteiger partial charge in [0.05, 0.1) is 0 Å². The summed E-state index contributed by atoms with van der Waals surface area (Å²) in [5.74, 6) is 1.92. The molecule has 4 rings (SSSR count). The Morgan fingerprint density at radius 3 is 2.31 bits per heavy atom. The van der Waals surface area contributed by atoms with Crippen LogP contribution in [0.4, 0.5) is 0 Å². The van der Waals surface area contributed by atoms with E-state index >= 15 is 0 Å². The van der Waals surface area contributed by atoms with Crippen LogP contribution in [0.3, 0.4) is 0 Å². The predicted molar refractivity (Wildman–Crippen MR) is 95.4 cm³/mol. The first-order valence-electron chi connectivity index (χ1n) is 9.91. The number of nitrogens with zero attached hydrogens (tertiary/aromatic N) is 3. The van der Waals surface area contributed by atoms with Crippen molar-refractivity contribution in [1.29, 1.82) is 0 Å².